The van der Waals surface area contributed by atoms with Crippen molar-refractivity contribution in [3.05, 3.63) is 35.9 Å². The van der Waals surface area contributed by atoms with E-state index in [1.807, 2.05) is 0 Å². The van der Waals surface area contributed by atoms with Crippen molar-refractivity contribution in [2.75, 3.05) is 5.75 Å². The number of rotatable bonds is 4. The van der Waals surface area contributed by atoms with Gasteiger partial charge in [0.1, 0.15) is 5.75 Å². The van der Waals surface area contributed by atoms with Crippen molar-refractivity contribution in [3.8, 4) is 5.75 Å². The van der Waals surface area contributed by atoms with Crippen molar-refractivity contribution in [1.82, 2.24) is 0 Å². The van der Waals surface area contributed by atoms with Crippen LogP contribution in [-0.4, -0.2) is 12.1 Å². The molecule has 0 aromatic heterocycles. The van der Waals surface area contributed by atoms with Crippen LogP contribution >= 0.6 is 12.6 Å². The fourth-order valence-electron chi connectivity index (χ4n) is 1.12. The summed E-state index contributed by atoms with van der Waals surface area (Å²) in [6.45, 7) is 0. The summed E-state index contributed by atoms with van der Waals surface area (Å²) in [6.07, 6.45) is -0.611. The number of hydrogen-bond donors (Lipinski definition) is 1. The third kappa shape index (κ3) is 4.61. The smallest absolute Gasteiger partial charge is 0.405 e. The van der Waals surface area contributed by atoms with Crippen LogP contribution in [0.1, 0.15) is 12.0 Å². The van der Waals surface area contributed by atoms with Gasteiger partial charge in [0.15, 0.2) is 0 Å². The van der Waals surface area contributed by atoms with Gasteiger partial charge in [-0.15, -0.1) is 13.2 Å². The first-order valence-electron chi connectivity index (χ1n) is 4.65. The summed E-state index contributed by atoms with van der Waals surface area (Å²) in [5, 5.41) is 0. The number of thiol groups is 1. The van der Waals surface area contributed by atoms with Gasteiger partial charge in [-0.3, -0.25) is 0 Å². The molecule has 0 aliphatic heterocycles. The van der Waals surface area contributed by atoms with Gasteiger partial charge >= 0.3 is 6.36 Å². The molecule has 1 rings (SSSR count). The summed E-state index contributed by atoms with van der Waals surface area (Å²) in [5.41, 5.74) is 0.404. The van der Waals surface area contributed by atoms with Gasteiger partial charge in [0.2, 0.25) is 0 Å². The Bertz CT molecular complexity index is 360. The second-order valence-electron chi connectivity index (χ2n) is 3.00. The summed E-state index contributed by atoms with van der Waals surface area (Å²) >= 11 is 4.00. The van der Waals surface area contributed by atoms with Crippen LogP contribution in [0, 0.1) is 0 Å². The zero-order valence-electron chi connectivity index (χ0n) is 8.37. The Hall–Kier alpha value is -1.10. The van der Waals surface area contributed by atoms with Gasteiger partial charge in [-0.2, -0.15) is 12.6 Å². The molecule has 1 aromatic rings. The Morgan fingerprint density at radius 1 is 1.25 bits per heavy atom. The maximum absolute atomic E-state index is 12.1. The maximum Gasteiger partial charge on any atom is 0.573 e. The molecule has 0 fully saturated rings. The molecule has 5 heteroatoms. The number of hydrogen-bond acceptors (Lipinski definition) is 2. The monoisotopic (exact) mass is 248 g/mol. The van der Waals surface area contributed by atoms with E-state index in [4.69, 9.17) is 0 Å². The summed E-state index contributed by atoms with van der Waals surface area (Å²) in [6, 6.07) is 6.00. The molecular formula is C11H11F3OS. The summed E-state index contributed by atoms with van der Waals surface area (Å²) in [7, 11) is 0. The minimum Gasteiger partial charge on any atom is -0.405 e. The number of ether oxygens (including phenoxy) is 1. The van der Waals surface area contributed by atoms with E-state index in [9.17, 15) is 13.2 Å². The topological polar surface area (TPSA) is 9.23 Å². The molecule has 0 atom stereocenters. The molecule has 0 saturated heterocycles. The van der Waals surface area contributed by atoms with E-state index in [2.05, 4.69) is 17.4 Å². The first-order valence-corrected chi connectivity index (χ1v) is 5.28. The Morgan fingerprint density at radius 3 is 2.56 bits per heavy atom. The van der Waals surface area contributed by atoms with Crippen LogP contribution in [0.3, 0.4) is 0 Å². The van der Waals surface area contributed by atoms with E-state index in [1.165, 1.54) is 12.1 Å². The lowest BCUT2D eigenvalue weighted by Gasteiger charge is -2.10. The fourth-order valence-corrected chi connectivity index (χ4v) is 1.27. The van der Waals surface area contributed by atoms with E-state index < -0.39 is 6.36 Å². The van der Waals surface area contributed by atoms with Gasteiger partial charge in [-0.05, 0) is 18.2 Å². The zero-order valence-corrected chi connectivity index (χ0v) is 9.26. The predicted molar refractivity (Wildman–Crippen MR) is 60.6 cm³/mol. The van der Waals surface area contributed by atoms with Crippen LogP contribution in [0.2, 0.25) is 0 Å². The predicted octanol–water partition coefficient (Wildman–Crippen LogP) is 3.92. The minimum atomic E-state index is -4.66. The van der Waals surface area contributed by atoms with Crippen molar-refractivity contribution in [2.45, 2.75) is 12.8 Å². The molecule has 0 N–H and O–H groups in total. The van der Waals surface area contributed by atoms with E-state index in [1.54, 1.807) is 24.3 Å². The fraction of sp³-hybridized carbons (Fsp3) is 0.273. The molecule has 1 aromatic carbocycles. The van der Waals surface area contributed by atoms with Crippen molar-refractivity contribution < 1.29 is 17.9 Å². The molecule has 1 nitrogen and oxygen atoms in total. The van der Waals surface area contributed by atoms with Gasteiger partial charge in [-0.25, -0.2) is 0 Å². The first-order chi connectivity index (χ1) is 7.53. The van der Waals surface area contributed by atoms with Gasteiger partial charge in [0.05, 0.1) is 0 Å². The average molecular weight is 248 g/mol. The van der Waals surface area contributed by atoms with Crippen LogP contribution in [0.15, 0.2) is 30.3 Å². The SMILES string of the molecule is FC(F)(F)Oc1ccccc1C=CCCS. The Balaban J connectivity index is 2.83. The molecule has 0 spiro atoms. The molecule has 0 heterocycles. The van der Waals surface area contributed by atoms with E-state index >= 15 is 0 Å². The highest BCUT2D eigenvalue weighted by Crippen LogP contribution is 2.26. The van der Waals surface area contributed by atoms with Crippen molar-refractivity contribution >= 4 is 18.7 Å². The van der Waals surface area contributed by atoms with Gasteiger partial charge in [0, 0.05) is 5.56 Å². The highest BCUT2D eigenvalue weighted by molar-refractivity contribution is 7.80. The molecule has 16 heavy (non-hydrogen) atoms. The standard InChI is InChI=1S/C11H11F3OS/c12-11(13,14)15-10-7-2-1-5-9(10)6-3-4-8-16/h1-3,5-7,16H,4,8H2. The lowest BCUT2D eigenvalue weighted by atomic mass is 10.2. The quantitative estimate of drug-likeness (QED) is 0.794. The molecule has 0 aliphatic carbocycles. The lowest BCUT2D eigenvalue weighted by Crippen LogP contribution is -2.17. The largest absolute Gasteiger partial charge is 0.573 e. The molecule has 88 valence electrons. The Labute approximate surface area is 97.3 Å². The number of para-hydroxylation sites is 1. The Kier molecular flexibility index (Phi) is 4.73. The summed E-state index contributed by atoms with van der Waals surface area (Å²) in [4.78, 5) is 0. The van der Waals surface area contributed by atoms with Gasteiger partial charge < -0.3 is 4.74 Å². The zero-order chi connectivity index (χ0) is 12.0. The first kappa shape index (κ1) is 13.0. The third-order valence-corrected chi connectivity index (χ3v) is 2.00. The van der Waals surface area contributed by atoms with Crippen LogP contribution < -0.4 is 4.74 Å². The van der Waals surface area contributed by atoms with E-state index in [-0.39, 0.29) is 5.75 Å². The highest BCUT2D eigenvalue weighted by atomic mass is 32.1. The molecule has 0 bridgehead atoms. The molecule has 0 radical (unpaired) electrons. The summed E-state index contributed by atoms with van der Waals surface area (Å²) in [5.74, 6) is 0.462. The minimum absolute atomic E-state index is 0.189. The van der Waals surface area contributed by atoms with Crippen LogP contribution in [0.4, 0.5) is 13.2 Å². The van der Waals surface area contributed by atoms with Crippen LogP contribution in [0.25, 0.3) is 6.08 Å². The highest BCUT2D eigenvalue weighted by Gasteiger charge is 2.31. The molecule has 0 unspecified atom stereocenters. The maximum atomic E-state index is 12.1. The van der Waals surface area contributed by atoms with Crippen LogP contribution in [-0.2, 0) is 0 Å². The second-order valence-corrected chi connectivity index (χ2v) is 3.45. The van der Waals surface area contributed by atoms with E-state index in [0.717, 1.165) is 0 Å². The third-order valence-electron chi connectivity index (χ3n) is 1.74. The van der Waals surface area contributed by atoms with Crippen molar-refractivity contribution in [3.63, 3.8) is 0 Å². The Morgan fingerprint density at radius 2 is 1.94 bits per heavy atom. The number of allylic oxidation sites excluding steroid dienone is 1. The molecule has 0 saturated carbocycles. The average Bonchev–Trinajstić information content (AvgIpc) is 2.19. The van der Waals surface area contributed by atoms with Gasteiger partial charge in [0.25, 0.3) is 0 Å². The van der Waals surface area contributed by atoms with E-state index in [0.29, 0.717) is 17.7 Å². The number of benzene rings is 1. The molecular weight excluding hydrogens is 237 g/mol. The number of alkyl halides is 3. The lowest BCUT2D eigenvalue weighted by molar-refractivity contribution is -0.274. The van der Waals surface area contributed by atoms with Crippen molar-refractivity contribution in [1.29, 1.82) is 0 Å². The van der Waals surface area contributed by atoms with Gasteiger partial charge in [-0.1, -0.05) is 30.4 Å². The molecule has 0 amide bonds. The second kappa shape index (κ2) is 5.84. The van der Waals surface area contributed by atoms with Crippen molar-refractivity contribution in [2.24, 2.45) is 0 Å². The van der Waals surface area contributed by atoms with Crippen LogP contribution in [0.5, 0.6) is 5.75 Å². The number of halogens is 3. The normalized spacial score (nSPS) is 12.0. The molecule has 0 aliphatic rings. The summed E-state index contributed by atoms with van der Waals surface area (Å²) < 4.78 is 40.0.